The third-order valence-corrected chi connectivity index (χ3v) is 6.00. The van der Waals surface area contributed by atoms with Crippen molar-refractivity contribution in [1.82, 2.24) is 14.9 Å². The lowest BCUT2D eigenvalue weighted by molar-refractivity contribution is -0.193. The molecular formula is C21H24F6N4O5S. The highest BCUT2D eigenvalue weighted by Gasteiger charge is 2.42. The summed E-state index contributed by atoms with van der Waals surface area (Å²) in [5.74, 6) is -4.67. The van der Waals surface area contributed by atoms with E-state index in [1.165, 1.54) is 5.56 Å². The predicted octanol–water partition coefficient (Wildman–Crippen LogP) is 3.53. The number of ether oxygens (including phenoxy) is 1. The zero-order valence-electron chi connectivity index (χ0n) is 19.2. The number of alkyl halides is 6. The van der Waals surface area contributed by atoms with Gasteiger partial charge in [-0.25, -0.2) is 19.6 Å². The van der Waals surface area contributed by atoms with Crippen LogP contribution >= 0.6 is 11.3 Å². The highest BCUT2D eigenvalue weighted by molar-refractivity contribution is 7.07. The van der Waals surface area contributed by atoms with Crippen molar-refractivity contribution in [2.45, 2.75) is 25.3 Å². The molecule has 4 rings (SSSR count). The number of carboxylic acid groups (broad SMARTS) is 2. The van der Waals surface area contributed by atoms with Crippen LogP contribution in [-0.2, 0) is 20.9 Å². The summed E-state index contributed by atoms with van der Waals surface area (Å²) >= 11 is 1.77. The molecule has 1 unspecified atom stereocenters. The second-order valence-corrected chi connectivity index (χ2v) is 9.00. The number of nitrogens with zero attached hydrogens (tertiary/aromatic N) is 4. The zero-order chi connectivity index (χ0) is 27.7. The predicted molar refractivity (Wildman–Crippen MR) is 119 cm³/mol. The number of thiophene rings is 1. The Morgan fingerprint density at radius 2 is 1.62 bits per heavy atom. The summed E-state index contributed by atoms with van der Waals surface area (Å²) in [7, 11) is 0. The Bertz CT molecular complexity index is 970. The minimum Gasteiger partial charge on any atom is -0.475 e. The molecule has 0 radical (unpaired) electrons. The van der Waals surface area contributed by atoms with E-state index < -0.39 is 24.3 Å². The Morgan fingerprint density at radius 1 is 1.03 bits per heavy atom. The monoisotopic (exact) mass is 558 g/mol. The molecule has 2 aliphatic heterocycles. The van der Waals surface area contributed by atoms with Gasteiger partial charge in [-0.2, -0.15) is 37.7 Å². The lowest BCUT2D eigenvalue weighted by Crippen LogP contribution is -2.40. The van der Waals surface area contributed by atoms with Crippen LogP contribution in [0.1, 0.15) is 12.0 Å². The summed E-state index contributed by atoms with van der Waals surface area (Å²) < 4.78 is 69.4. The van der Waals surface area contributed by atoms with Gasteiger partial charge >= 0.3 is 24.3 Å². The van der Waals surface area contributed by atoms with Crippen LogP contribution in [0, 0.1) is 5.41 Å². The van der Waals surface area contributed by atoms with Crippen molar-refractivity contribution in [3.05, 3.63) is 40.8 Å². The Balaban J connectivity index is 0.000000286. The Kier molecular flexibility index (Phi) is 10.6. The van der Waals surface area contributed by atoms with Gasteiger partial charge in [0.2, 0.25) is 5.95 Å². The van der Waals surface area contributed by atoms with Crippen molar-refractivity contribution < 1.29 is 50.9 Å². The largest absolute Gasteiger partial charge is 0.490 e. The van der Waals surface area contributed by atoms with Crippen LogP contribution < -0.4 is 4.90 Å². The van der Waals surface area contributed by atoms with E-state index in [0.29, 0.717) is 0 Å². The molecule has 2 aromatic heterocycles. The molecule has 9 nitrogen and oxygen atoms in total. The summed E-state index contributed by atoms with van der Waals surface area (Å²) in [4.78, 5) is 31.4. The average molecular weight is 559 g/mol. The number of rotatable bonds is 3. The third kappa shape index (κ3) is 10.1. The lowest BCUT2D eigenvalue weighted by Gasteiger charge is -2.31. The minimum absolute atomic E-state index is 0.200. The van der Waals surface area contributed by atoms with Gasteiger partial charge in [0.05, 0.1) is 13.2 Å². The van der Waals surface area contributed by atoms with E-state index in [1.54, 1.807) is 11.3 Å². The number of halogens is 6. The fourth-order valence-corrected chi connectivity index (χ4v) is 4.32. The average Bonchev–Trinajstić information content (AvgIpc) is 3.42. The maximum absolute atomic E-state index is 10.6. The van der Waals surface area contributed by atoms with Crippen LogP contribution in [0.4, 0.5) is 32.3 Å². The van der Waals surface area contributed by atoms with Crippen LogP contribution in [0.5, 0.6) is 0 Å². The highest BCUT2D eigenvalue weighted by Crippen LogP contribution is 2.35. The molecule has 1 spiro atoms. The quantitative estimate of drug-likeness (QED) is 0.546. The molecule has 0 amide bonds. The Hall–Kier alpha value is -2.98. The minimum atomic E-state index is -5.08. The topological polar surface area (TPSA) is 116 Å². The van der Waals surface area contributed by atoms with Gasteiger partial charge in [0, 0.05) is 50.5 Å². The Labute approximate surface area is 211 Å². The van der Waals surface area contributed by atoms with Gasteiger partial charge < -0.3 is 19.8 Å². The zero-order valence-corrected chi connectivity index (χ0v) is 20.0. The molecule has 2 saturated heterocycles. The molecule has 16 heteroatoms. The number of aromatic nitrogens is 2. The number of anilines is 1. The molecule has 2 aromatic rings. The maximum atomic E-state index is 10.6. The maximum Gasteiger partial charge on any atom is 0.490 e. The molecule has 4 heterocycles. The van der Waals surface area contributed by atoms with Crippen LogP contribution in [0.2, 0.25) is 0 Å². The Morgan fingerprint density at radius 3 is 2.14 bits per heavy atom. The summed E-state index contributed by atoms with van der Waals surface area (Å²) in [6.07, 6.45) is -5.38. The molecule has 2 aliphatic rings. The summed E-state index contributed by atoms with van der Waals surface area (Å²) in [5, 5.41) is 18.7. The molecule has 2 N–H and O–H groups in total. The molecule has 206 valence electrons. The summed E-state index contributed by atoms with van der Waals surface area (Å²) in [6.45, 7) is 6.79. The summed E-state index contributed by atoms with van der Waals surface area (Å²) in [5.41, 5.74) is 1.61. The van der Waals surface area contributed by atoms with Crippen LogP contribution in [0.15, 0.2) is 35.3 Å². The van der Waals surface area contributed by atoms with Crippen molar-refractivity contribution in [3.8, 4) is 0 Å². The van der Waals surface area contributed by atoms with Crippen molar-refractivity contribution in [3.63, 3.8) is 0 Å². The molecular weight excluding hydrogens is 534 g/mol. The number of hydrogen-bond donors (Lipinski definition) is 2. The molecule has 0 aromatic carbocycles. The smallest absolute Gasteiger partial charge is 0.475 e. The highest BCUT2D eigenvalue weighted by atomic mass is 32.1. The fourth-order valence-electron chi connectivity index (χ4n) is 3.66. The number of carboxylic acids is 2. The summed E-state index contributed by atoms with van der Waals surface area (Å²) in [6, 6.07) is 4.09. The van der Waals surface area contributed by atoms with Crippen molar-refractivity contribution in [2.75, 3.05) is 44.3 Å². The van der Waals surface area contributed by atoms with Crippen molar-refractivity contribution in [1.29, 1.82) is 0 Å². The fraction of sp³-hybridized carbons (Fsp3) is 0.524. The second kappa shape index (κ2) is 13.0. The lowest BCUT2D eigenvalue weighted by atomic mass is 9.87. The first-order valence-corrected chi connectivity index (χ1v) is 11.6. The molecule has 0 saturated carbocycles. The first-order valence-electron chi connectivity index (χ1n) is 10.7. The number of carbonyl (C=O) groups is 2. The normalized spacial score (nSPS) is 20.3. The first-order chi connectivity index (χ1) is 17.2. The third-order valence-electron chi connectivity index (χ3n) is 5.26. The van der Waals surface area contributed by atoms with Crippen LogP contribution in [-0.4, -0.2) is 88.8 Å². The van der Waals surface area contributed by atoms with E-state index in [4.69, 9.17) is 24.5 Å². The molecule has 37 heavy (non-hydrogen) atoms. The molecule has 1 atom stereocenters. The van der Waals surface area contributed by atoms with E-state index in [9.17, 15) is 26.3 Å². The van der Waals surface area contributed by atoms with E-state index in [0.717, 1.165) is 58.3 Å². The molecule has 0 bridgehead atoms. The van der Waals surface area contributed by atoms with Gasteiger partial charge in [0.25, 0.3) is 0 Å². The van der Waals surface area contributed by atoms with Crippen molar-refractivity contribution >= 4 is 29.2 Å². The van der Waals surface area contributed by atoms with Gasteiger partial charge in [0.1, 0.15) is 0 Å². The van der Waals surface area contributed by atoms with Gasteiger partial charge in [-0.1, -0.05) is 0 Å². The van der Waals surface area contributed by atoms with Gasteiger partial charge in [-0.3, -0.25) is 4.90 Å². The van der Waals surface area contributed by atoms with Crippen LogP contribution in [0.25, 0.3) is 0 Å². The first kappa shape index (κ1) is 30.2. The van der Waals surface area contributed by atoms with Crippen LogP contribution in [0.3, 0.4) is 0 Å². The van der Waals surface area contributed by atoms with E-state index in [2.05, 4.69) is 36.6 Å². The molecule has 0 aliphatic carbocycles. The van der Waals surface area contributed by atoms with E-state index >= 15 is 0 Å². The number of aliphatic carboxylic acids is 2. The standard InChI is InChI=1S/C17H22N4OS.2C2HF3O2/c1-4-18-16(19-5-1)21-6-3-17(13-21)12-20(7-8-22-14-17)10-15-2-9-23-11-15;2*3-2(4,5)1(6)7/h1-2,4-5,9,11H,3,6-8,10,12-14H2;2*(H,6,7). The van der Waals surface area contributed by atoms with Gasteiger partial charge in [0.15, 0.2) is 0 Å². The van der Waals surface area contributed by atoms with Gasteiger partial charge in [-0.05, 0) is 34.9 Å². The van der Waals surface area contributed by atoms with Crippen molar-refractivity contribution in [2.24, 2.45) is 5.41 Å². The van der Waals surface area contributed by atoms with E-state index in [-0.39, 0.29) is 5.41 Å². The molecule has 2 fully saturated rings. The number of hydrogen-bond acceptors (Lipinski definition) is 8. The SMILES string of the molecule is O=C(O)C(F)(F)F.O=C(O)C(F)(F)F.c1cnc(N2CCC3(COCCN(Cc4ccsc4)C3)C2)nc1. The second-order valence-electron chi connectivity index (χ2n) is 8.22. The van der Waals surface area contributed by atoms with Gasteiger partial charge in [-0.15, -0.1) is 0 Å². The van der Waals surface area contributed by atoms with E-state index in [1.807, 2.05) is 18.5 Å².